The number of rotatable bonds is 18. The van der Waals surface area contributed by atoms with E-state index in [0.717, 1.165) is 18.4 Å². The van der Waals surface area contributed by atoms with E-state index in [1.54, 1.807) is 24.3 Å². The minimum absolute atomic E-state index is 0.00427. The van der Waals surface area contributed by atoms with E-state index in [9.17, 15) is 18.0 Å². The molecule has 0 radical (unpaired) electrons. The van der Waals surface area contributed by atoms with Crippen LogP contribution in [0.3, 0.4) is 0 Å². The molecule has 36 heavy (non-hydrogen) atoms. The summed E-state index contributed by atoms with van der Waals surface area (Å²) in [7, 11) is -3.71. The molecule has 0 aliphatic carbocycles. The molecule has 1 saturated heterocycles. The zero-order valence-electron chi connectivity index (χ0n) is 22.4. The summed E-state index contributed by atoms with van der Waals surface area (Å²) in [6.07, 6.45) is 14.7. The van der Waals surface area contributed by atoms with Crippen LogP contribution in [0.2, 0.25) is 0 Å². The van der Waals surface area contributed by atoms with Crippen LogP contribution in [0.1, 0.15) is 102 Å². The van der Waals surface area contributed by atoms with Crippen molar-refractivity contribution in [2.24, 2.45) is 0 Å². The molecule has 2 N–H and O–H groups in total. The number of aryl methyl sites for hydroxylation is 1. The largest absolute Gasteiger partial charge is 0.356 e. The summed E-state index contributed by atoms with van der Waals surface area (Å²) >= 11 is 0. The summed E-state index contributed by atoms with van der Waals surface area (Å²) < 4.78 is 27.4. The Labute approximate surface area is 218 Å². The van der Waals surface area contributed by atoms with Gasteiger partial charge in [-0.2, -0.15) is 4.31 Å². The quantitative estimate of drug-likeness (QED) is 0.263. The summed E-state index contributed by atoms with van der Waals surface area (Å²) in [5.74, 6) is -0.279. The van der Waals surface area contributed by atoms with Crippen LogP contribution in [-0.2, 0) is 19.6 Å². The Bertz CT molecular complexity index is 887. The highest BCUT2D eigenvalue weighted by atomic mass is 32.2. The Morgan fingerprint density at radius 1 is 0.861 bits per heavy atom. The molecule has 0 bridgehead atoms. The van der Waals surface area contributed by atoms with Gasteiger partial charge in [0.1, 0.15) is 6.04 Å². The third kappa shape index (κ3) is 10.6. The van der Waals surface area contributed by atoms with E-state index in [2.05, 4.69) is 17.6 Å². The molecule has 7 nitrogen and oxygen atoms in total. The van der Waals surface area contributed by atoms with Gasteiger partial charge in [-0.25, -0.2) is 8.42 Å². The van der Waals surface area contributed by atoms with E-state index in [1.807, 2.05) is 6.92 Å². The average molecular weight is 522 g/mol. The lowest BCUT2D eigenvalue weighted by molar-refractivity contribution is -0.125. The number of sulfonamides is 1. The molecule has 1 unspecified atom stereocenters. The Morgan fingerprint density at radius 2 is 1.44 bits per heavy atom. The van der Waals surface area contributed by atoms with Crippen LogP contribution in [0.5, 0.6) is 0 Å². The fraction of sp³-hybridized carbons (Fsp3) is 0.714. The molecular weight excluding hydrogens is 474 g/mol. The lowest BCUT2D eigenvalue weighted by Crippen LogP contribution is -2.46. The van der Waals surface area contributed by atoms with Crippen molar-refractivity contribution in [1.82, 2.24) is 14.9 Å². The molecule has 8 heteroatoms. The van der Waals surface area contributed by atoms with Crippen molar-refractivity contribution in [1.29, 1.82) is 0 Å². The number of nitrogens with one attached hydrogen (secondary N) is 2. The predicted molar refractivity (Wildman–Crippen MR) is 145 cm³/mol. The molecule has 1 fully saturated rings. The summed E-state index contributed by atoms with van der Waals surface area (Å²) in [6, 6.07) is 6.01. The molecule has 204 valence electrons. The van der Waals surface area contributed by atoms with Crippen molar-refractivity contribution in [2.75, 3.05) is 19.6 Å². The second-order valence-electron chi connectivity index (χ2n) is 10.0. The van der Waals surface area contributed by atoms with Crippen LogP contribution in [-0.4, -0.2) is 50.2 Å². The lowest BCUT2D eigenvalue weighted by atomic mass is 10.1. The third-order valence-corrected chi connectivity index (χ3v) is 8.79. The van der Waals surface area contributed by atoms with Gasteiger partial charge in [0.25, 0.3) is 0 Å². The normalized spacial score (nSPS) is 16.2. The number of benzene rings is 1. The van der Waals surface area contributed by atoms with Crippen molar-refractivity contribution < 1.29 is 18.0 Å². The Balaban J connectivity index is 1.56. The molecule has 1 aromatic rings. The summed E-state index contributed by atoms with van der Waals surface area (Å²) in [5.41, 5.74) is 0.984. The highest BCUT2D eigenvalue weighted by Crippen LogP contribution is 2.26. The smallest absolute Gasteiger partial charge is 0.243 e. The van der Waals surface area contributed by atoms with Crippen LogP contribution in [0, 0.1) is 6.92 Å². The van der Waals surface area contributed by atoms with E-state index in [0.29, 0.717) is 45.3 Å². The van der Waals surface area contributed by atoms with E-state index >= 15 is 0 Å². The number of carbonyl (C=O) groups is 2. The van der Waals surface area contributed by atoms with Crippen LogP contribution < -0.4 is 10.6 Å². The first-order chi connectivity index (χ1) is 17.4. The van der Waals surface area contributed by atoms with E-state index in [1.165, 1.54) is 55.7 Å². The maximum Gasteiger partial charge on any atom is 0.243 e. The van der Waals surface area contributed by atoms with E-state index < -0.39 is 16.1 Å². The molecule has 1 heterocycles. The Morgan fingerprint density at radius 3 is 2.08 bits per heavy atom. The maximum absolute atomic E-state index is 13.0. The lowest BCUT2D eigenvalue weighted by Gasteiger charge is -2.23. The van der Waals surface area contributed by atoms with Crippen molar-refractivity contribution in [3.8, 4) is 0 Å². The first kappa shape index (κ1) is 30.3. The summed E-state index contributed by atoms with van der Waals surface area (Å²) in [4.78, 5) is 25.0. The van der Waals surface area contributed by atoms with Crippen LogP contribution in [0.15, 0.2) is 29.2 Å². The van der Waals surface area contributed by atoms with Gasteiger partial charge in [0.2, 0.25) is 21.8 Å². The molecule has 1 aliphatic rings. The summed E-state index contributed by atoms with van der Waals surface area (Å²) in [5, 5.41) is 5.79. The van der Waals surface area contributed by atoms with Crippen LogP contribution >= 0.6 is 0 Å². The van der Waals surface area contributed by atoms with Gasteiger partial charge in [-0.05, 0) is 44.7 Å². The molecule has 1 aromatic carbocycles. The Hall–Kier alpha value is -1.93. The van der Waals surface area contributed by atoms with Gasteiger partial charge in [0.15, 0.2) is 0 Å². The zero-order chi connectivity index (χ0) is 26.2. The number of nitrogens with zero attached hydrogens (tertiary/aromatic N) is 1. The van der Waals surface area contributed by atoms with Crippen LogP contribution in [0.25, 0.3) is 0 Å². The molecule has 0 saturated carbocycles. The number of carbonyl (C=O) groups excluding carboxylic acids is 2. The van der Waals surface area contributed by atoms with Gasteiger partial charge < -0.3 is 10.6 Å². The number of unbranched alkanes of at least 4 members (excludes halogenated alkanes) is 9. The highest BCUT2D eigenvalue weighted by Gasteiger charge is 2.39. The maximum atomic E-state index is 13.0. The van der Waals surface area contributed by atoms with E-state index in [4.69, 9.17) is 0 Å². The molecule has 1 atom stereocenters. The zero-order valence-corrected chi connectivity index (χ0v) is 23.2. The van der Waals surface area contributed by atoms with Crippen molar-refractivity contribution in [3.63, 3.8) is 0 Å². The van der Waals surface area contributed by atoms with Crippen molar-refractivity contribution in [2.45, 2.75) is 115 Å². The second kappa shape index (κ2) is 16.7. The fourth-order valence-corrected chi connectivity index (χ4v) is 6.30. The fourth-order valence-electron chi connectivity index (χ4n) is 4.64. The molecule has 0 aromatic heterocycles. The molecule has 0 spiro atoms. The van der Waals surface area contributed by atoms with Gasteiger partial charge >= 0.3 is 0 Å². The molecule has 1 aliphatic heterocycles. The van der Waals surface area contributed by atoms with Gasteiger partial charge in [-0.3, -0.25) is 9.59 Å². The van der Waals surface area contributed by atoms with E-state index in [-0.39, 0.29) is 16.7 Å². The van der Waals surface area contributed by atoms with Crippen LogP contribution in [0.4, 0.5) is 0 Å². The van der Waals surface area contributed by atoms with Crippen molar-refractivity contribution >= 4 is 21.8 Å². The van der Waals surface area contributed by atoms with Gasteiger partial charge in [0, 0.05) is 26.1 Å². The number of hydrogen-bond donors (Lipinski definition) is 2. The molecule has 2 rings (SSSR count). The topological polar surface area (TPSA) is 95.6 Å². The van der Waals surface area contributed by atoms with Gasteiger partial charge in [-0.1, -0.05) is 82.4 Å². The first-order valence-corrected chi connectivity index (χ1v) is 15.4. The van der Waals surface area contributed by atoms with Gasteiger partial charge in [-0.15, -0.1) is 0 Å². The molecular formula is C28H47N3O4S. The Kier molecular flexibility index (Phi) is 14.1. The highest BCUT2D eigenvalue weighted by molar-refractivity contribution is 7.89. The second-order valence-corrected chi connectivity index (χ2v) is 11.9. The predicted octanol–water partition coefficient (Wildman–Crippen LogP) is 5.08. The van der Waals surface area contributed by atoms with Gasteiger partial charge in [0.05, 0.1) is 4.90 Å². The SMILES string of the molecule is CCCCCCCCCCCCNC(=O)CCCNC(=O)C1CCCN1S(=O)(=O)c1ccc(C)cc1. The standard InChI is InChI=1S/C28H47N3O4S/c1-3-4-5-6-7-8-9-10-11-12-21-29-27(32)16-13-22-30-28(33)26-15-14-23-31(26)36(34,35)25-19-17-24(2)18-20-25/h17-20,26H,3-16,21-23H2,1-2H3,(H,29,32)(H,30,33). The summed E-state index contributed by atoms with van der Waals surface area (Å²) in [6.45, 7) is 5.55. The van der Waals surface area contributed by atoms with Crippen molar-refractivity contribution in [3.05, 3.63) is 29.8 Å². The minimum Gasteiger partial charge on any atom is -0.356 e. The molecule has 2 amide bonds. The first-order valence-electron chi connectivity index (χ1n) is 14.0. The monoisotopic (exact) mass is 521 g/mol. The average Bonchev–Trinajstić information content (AvgIpc) is 3.36. The minimum atomic E-state index is -3.71. The number of amides is 2. The number of hydrogen-bond acceptors (Lipinski definition) is 4. The third-order valence-electron chi connectivity index (χ3n) is 6.87.